The van der Waals surface area contributed by atoms with Gasteiger partial charge in [0.15, 0.2) is 0 Å². The van der Waals surface area contributed by atoms with Crippen LogP contribution in [0.3, 0.4) is 0 Å². The highest BCUT2D eigenvalue weighted by molar-refractivity contribution is 5.74. The molecule has 0 aliphatic heterocycles. The molecule has 0 spiro atoms. The van der Waals surface area contributed by atoms with Crippen molar-refractivity contribution in [1.29, 1.82) is 0 Å². The van der Waals surface area contributed by atoms with Crippen molar-refractivity contribution in [2.24, 2.45) is 0 Å². The van der Waals surface area contributed by atoms with Crippen molar-refractivity contribution < 1.29 is 0 Å². The molecule has 0 atom stereocenters. The van der Waals surface area contributed by atoms with Crippen LogP contribution in [0.4, 0.5) is 0 Å². The van der Waals surface area contributed by atoms with Crippen molar-refractivity contribution in [1.82, 2.24) is 9.97 Å². The van der Waals surface area contributed by atoms with Crippen molar-refractivity contribution >= 4 is 11.0 Å². The van der Waals surface area contributed by atoms with Gasteiger partial charge in [-0.05, 0) is 24.6 Å². The van der Waals surface area contributed by atoms with Crippen molar-refractivity contribution in [3.8, 4) is 0 Å². The summed E-state index contributed by atoms with van der Waals surface area (Å²) < 4.78 is 0. The summed E-state index contributed by atoms with van der Waals surface area (Å²) in [5.41, 5.74) is 1.12. The Balaban J connectivity index is 0.000000980. The summed E-state index contributed by atoms with van der Waals surface area (Å²) in [6, 6.07) is 5.45. The number of aromatic amines is 2. The van der Waals surface area contributed by atoms with Crippen LogP contribution in [0, 0.1) is 6.92 Å². The molecule has 0 saturated carbocycles. The second-order valence-electron chi connectivity index (χ2n) is 2.96. The van der Waals surface area contributed by atoms with Crippen LogP contribution in [0.25, 0.3) is 11.0 Å². The zero-order valence-corrected chi connectivity index (χ0v) is 7.05. The summed E-state index contributed by atoms with van der Waals surface area (Å²) in [4.78, 5) is 26.8. The first kappa shape index (κ1) is 10.2. The average Bonchev–Trinajstić information content (AvgIpc) is 2.08. The molecule has 2 aromatic rings. The number of fused-ring (bicyclic) bond motifs is 1. The molecule has 0 aliphatic carbocycles. The Morgan fingerprint density at radius 2 is 1.57 bits per heavy atom. The van der Waals surface area contributed by atoms with E-state index in [-0.39, 0.29) is 7.43 Å². The summed E-state index contributed by atoms with van der Waals surface area (Å²) in [6.07, 6.45) is 0. The van der Waals surface area contributed by atoms with Gasteiger partial charge in [0.1, 0.15) is 0 Å². The normalized spacial score (nSPS) is 9.79. The SMILES string of the molecule is C.Cc1ccc2[nH]c(=O)c(=O)[nH]c2c1. The predicted molar refractivity (Wildman–Crippen MR) is 56.7 cm³/mol. The number of H-pyrrole nitrogens is 2. The Kier molecular flexibility index (Phi) is 2.56. The summed E-state index contributed by atoms with van der Waals surface area (Å²) in [5, 5.41) is 0. The van der Waals surface area contributed by atoms with Gasteiger partial charge in [-0.3, -0.25) is 9.59 Å². The largest absolute Gasteiger partial charge is 0.316 e. The molecule has 0 radical (unpaired) electrons. The molecule has 0 bridgehead atoms. The van der Waals surface area contributed by atoms with E-state index in [0.29, 0.717) is 11.0 Å². The van der Waals surface area contributed by atoms with Crippen LogP contribution in [0.1, 0.15) is 13.0 Å². The lowest BCUT2D eigenvalue weighted by molar-refractivity contribution is 1.14. The fourth-order valence-electron chi connectivity index (χ4n) is 1.23. The van der Waals surface area contributed by atoms with Gasteiger partial charge in [0, 0.05) is 0 Å². The molecule has 14 heavy (non-hydrogen) atoms. The second-order valence-corrected chi connectivity index (χ2v) is 2.96. The van der Waals surface area contributed by atoms with Crippen LogP contribution in [-0.2, 0) is 0 Å². The highest BCUT2D eigenvalue weighted by atomic mass is 16.2. The van der Waals surface area contributed by atoms with Gasteiger partial charge in [-0.2, -0.15) is 0 Å². The average molecular weight is 192 g/mol. The monoisotopic (exact) mass is 192 g/mol. The number of aryl methyl sites for hydroxylation is 1. The summed E-state index contributed by atoms with van der Waals surface area (Å²) >= 11 is 0. The first-order chi connectivity index (χ1) is 6.16. The number of aromatic nitrogens is 2. The second kappa shape index (κ2) is 3.49. The highest BCUT2D eigenvalue weighted by Gasteiger charge is 1.97. The summed E-state index contributed by atoms with van der Waals surface area (Å²) in [7, 11) is 0. The van der Waals surface area contributed by atoms with Crippen molar-refractivity contribution in [3.63, 3.8) is 0 Å². The summed E-state index contributed by atoms with van der Waals surface area (Å²) in [6.45, 7) is 1.92. The third-order valence-corrected chi connectivity index (χ3v) is 1.88. The minimum absolute atomic E-state index is 0. The number of hydrogen-bond donors (Lipinski definition) is 2. The maximum Gasteiger partial charge on any atom is 0.314 e. The van der Waals surface area contributed by atoms with E-state index in [4.69, 9.17) is 0 Å². The molecule has 4 nitrogen and oxygen atoms in total. The molecule has 74 valence electrons. The first-order valence-corrected chi connectivity index (χ1v) is 3.90. The van der Waals surface area contributed by atoms with E-state index in [2.05, 4.69) is 9.97 Å². The Morgan fingerprint density at radius 1 is 1.00 bits per heavy atom. The van der Waals surface area contributed by atoms with Gasteiger partial charge in [-0.25, -0.2) is 0 Å². The zero-order chi connectivity index (χ0) is 9.42. The molecule has 1 aromatic heterocycles. The van der Waals surface area contributed by atoms with Crippen LogP contribution in [0.15, 0.2) is 27.8 Å². The van der Waals surface area contributed by atoms with E-state index in [9.17, 15) is 9.59 Å². The molecule has 4 heteroatoms. The Bertz CT molecular complexity index is 566. The molecule has 0 unspecified atom stereocenters. The minimum Gasteiger partial charge on any atom is -0.316 e. The van der Waals surface area contributed by atoms with Crippen LogP contribution >= 0.6 is 0 Å². The Morgan fingerprint density at radius 3 is 2.21 bits per heavy atom. The molecule has 2 rings (SSSR count). The Labute approximate surface area is 80.6 Å². The maximum atomic E-state index is 10.9. The number of rotatable bonds is 0. The highest BCUT2D eigenvalue weighted by Crippen LogP contribution is 2.07. The van der Waals surface area contributed by atoms with E-state index in [1.165, 1.54) is 0 Å². The van der Waals surface area contributed by atoms with Crippen molar-refractivity contribution in [2.45, 2.75) is 14.4 Å². The Hall–Kier alpha value is -1.84. The van der Waals surface area contributed by atoms with Gasteiger partial charge in [0.05, 0.1) is 11.0 Å². The standard InChI is InChI=1S/C9H8N2O2.CH4/c1-5-2-3-6-7(4-5)11-9(13)8(12)10-6;/h2-4H,1H3,(H,10,12)(H,11,13);1H4. The molecule has 0 fully saturated rings. The van der Waals surface area contributed by atoms with E-state index < -0.39 is 11.1 Å². The number of nitrogens with one attached hydrogen (secondary N) is 2. The number of hydrogen-bond acceptors (Lipinski definition) is 2. The quantitative estimate of drug-likeness (QED) is 0.615. The topological polar surface area (TPSA) is 65.7 Å². The van der Waals surface area contributed by atoms with Crippen LogP contribution in [-0.4, -0.2) is 9.97 Å². The van der Waals surface area contributed by atoms with Gasteiger partial charge in [0.25, 0.3) is 0 Å². The van der Waals surface area contributed by atoms with Crippen LogP contribution in [0.5, 0.6) is 0 Å². The lowest BCUT2D eigenvalue weighted by atomic mass is 10.2. The van der Waals surface area contributed by atoms with Gasteiger partial charge in [0.2, 0.25) is 0 Å². The third kappa shape index (κ3) is 1.59. The minimum atomic E-state index is -0.614. The smallest absolute Gasteiger partial charge is 0.314 e. The molecular weight excluding hydrogens is 180 g/mol. The zero-order valence-electron chi connectivity index (χ0n) is 7.05. The third-order valence-electron chi connectivity index (χ3n) is 1.88. The van der Waals surface area contributed by atoms with Gasteiger partial charge in [-0.1, -0.05) is 13.5 Å². The van der Waals surface area contributed by atoms with Gasteiger partial charge < -0.3 is 9.97 Å². The maximum absolute atomic E-state index is 10.9. The summed E-state index contributed by atoms with van der Waals surface area (Å²) in [5.74, 6) is 0. The van der Waals surface area contributed by atoms with Crippen molar-refractivity contribution in [2.75, 3.05) is 0 Å². The van der Waals surface area contributed by atoms with Gasteiger partial charge >= 0.3 is 11.1 Å². The molecule has 0 saturated heterocycles. The van der Waals surface area contributed by atoms with E-state index >= 15 is 0 Å². The molecule has 2 N–H and O–H groups in total. The molecule has 0 amide bonds. The van der Waals surface area contributed by atoms with E-state index in [0.717, 1.165) is 5.56 Å². The molecule has 0 aliphatic rings. The van der Waals surface area contributed by atoms with Crippen LogP contribution < -0.4 is 11.1 Å². The number of benzene rings is 1. The lowest BCUT2D eigenvalue weighted by Gasteiger charge is -1.97. The predicted octanol–water partition coefficient (Wildman–Crippen LogP) is 1.16. The molecule has 1 aromatic carbocycles. The van der Waals surface area contributed by atoms with E-state index in [1.807, 2.05) is 19.1 Å². The van der Waals surface area contributed by atoms with Crippen molar-refractivity contribution in [3.05, 3.63) is 44.5 Å². The van der Waals surface area contributed by atoms with Gasteiger partial charge in [-0.15, -0.1) is 0 Å². The fourth-order valence-corrected chi connectivity index (χ4v) is 1.23. The molecular formula is C10H12N2O2. The lowest BCUT2D eigenvalue weighted by Crippen LogP contribution is -2.28. The van der Waals surface area contributed by atoms with E-state index in [1.54, 1.807) is 6.07 Å². The fraction of sp³-hybridized carbons (Fsp3) is 0.200. The first-order valence-electron chi connectivity index (χ1n) is 3.90. The molecule has 1 heterocycles. The van der Waals surface area contributed by atoms with Crippen LogP contribution in [0.2, 0.25) is 0 Å².